The number of fused-ring (bicyclic) bond motifs is 1. The summed E-state index contributed by atoms with van der Waals surface area (Å²) in [6.07, 6.45) is 3.52. The largest absolute Gasteiger partial charge is 0.480 e. The highest BCUT2D eigenvalue weighted by molar-refractivity contribution is 8.01. The fourth-order valence-corrected chi connectivity index (χ4v) is 8.69. The van der Waals surface area contributed by atoms with Crippen LogP contribution in [0.5, 0.6) is 0 Å². The Bertz CT molecular complexity index is 1760. The van der Waals surface area contributed by atoms with Crippen LogP contribution in [-0.4, -0.2) is 79.5 Å². The molecule has 1 aromatic heterocycles. The first kappa shape index (κ1) is 35.6. The molecule has 3 heterocycles. The molecule has 3 amide bonds. The van der Waals surface area contributed by atoms with Gasteiger partial charge in [-0.05, 0) is 29.3 Å². The molecule has 2 aromatic carbocycles. The molecule has 0 saturated carbocycles. The molecule has 11 nitrogen and oxygen atoms in total. The van der Waals surface area contributed by atoms with E-state index in [9.17, 15) is 34.2 Å². The Morgan fingerprint density at radius 2 is 1.73 bits per heavy atom. The van der Waals surface area contributed by atoms with Gasteiger partial charge in [-0.3, -0.25) is 19.3 Å². The fraction of sp³-hybridized carbons (Fsp3) is 0.250. The number of hydrogen-bond acceptors (Lipinski definition) is 8. The van der Waals surface area contributed by atoms with Crippen LogP contribution in [0.4, 0.5) is 0 Å². The number of carbonyl (C=O) groups is 5. The van der Waals surface area contributed by atoms with Crippen LogP contribution in [0, 0.1) is 0 Å². The lowest BCUT2D eigenvalue weighted by Gasteiger charge is -2.49. The van der Waals surface area contributed by atoms with Gasteiger partial charge >= 0.3 is 11.9 Å². The summed E-state index contributed by atoms with van der Waals surface area (Å²) in [5.41, 5.74) is 1.30. The summed E-state index contributed by atoms with van der Waals surface area (Å²) in [5, 5.41) is 25.3. The van der Waals surface area contributed by atoms with Gasteiger partial charge in [0.2, 0.25) is 12.5 Å². The summed E-state index contributed by atoms with van der Waals surface area (Å²) in [4.78, 5) is 64.9. The van der Waals surface area contributed by atoms with Crippen LogP contribution in [0.3, 0.4) is 0 Å². The molecule has 250 valence electrons. The van der Waals surface area contributed by atoms with Crippen molar-refractivity contribution in [2.24, 2.45) is 0 Å². The molecule has 16 heteroatoms. The van der Waals surface area contributed by atoms with Gasteiger partial charge in [0.25, 0.3) is 11.8 Å². The monoisotopic (exact) mass is 747 g/mol. The minimum Gasteiger partial charge on any atom is -0.480 e. The number of nitrogens with one attached hydrogen (secondary N) is 2. The summed E-state index contributed by atoms with van der Waals surface area (Å²) in [6, 6.07) is 15.6. The van der Waals surface area contributed by atoms with Crippen molar-refractivity contribution < 1.29 is 38.8 Å². The maximum Gasteiger partial charge on any atom is 0.352 e. The van der Waals surface area contributed by atoms with E-state index in [-0.39, 0.29) is 30.3 Å². The number of β-lactam (4-membered cyclic amide) rings is 1. The summed E-state index contributed by atoms with van der Waals surface area (Å²) in [7, 11) is 0. The number of hydrogen-bond donors (Lipinski definition) is 4. The Kier molecular flexibility index (Phi) is 12.0. The van der Waals surface area contributed by atoms with Crippen molar-refractivity contribution in [3.63, 3.8) is 0 Å². The molecule has 3 aromatic rings. The van der Waals surface area contributed by atoms with Crippen molar-refractivity contribution in [3.8, 4) is 0 Å². The molecule has 3 atom stereocenters. The van der Waals surface area contributed by atoms with Gasteiger partial charge < -0.3 is 20.8 Å². The van der Waals surface area contributed by atoms with Crippen LogP contribution < -0.4 is 15.2 Å². The molecule has 4 N–H and O–H groups in total. The number of thioether (sulfide) groups is 3. The van der Waals surface area contributed by atoms with Crippen LogP contribution in [-0.2, 0) is 36.9 Å². The lowest BCUT2D eigenvalue weighted by atomic mass is 10.0. The third kappa shape index (κ3) is 8.85. The van der Waals surface area contributed by atoms with E-state index in [4.69, 9.17) is 23.2 Å². The lowest BCUT2D eigenvalue weighted by Crippen LogP contribution is -2.70. The second-order valence-corrected chi connectivity index (χ2v) is 14.7. The van der Waals surface area contributed by atoms with Gasteiger partial charge in [0.1, 0.15) is 23.2 Å². The number of halogens is 2. The molecule has 2 aliphatic heterocycles. The fourth-order valence-electron chi connectivity index (χ4n) is 5.01. The molecular formula is C32H29Cl2N4O7S3+. The first-order chi connectivity index (χ1) is 23.0. The molecule has 1 unspecified atom stereocenters. The quantitative estimate of drug-likeness (QED) is 0.109. The van der Waals surface area contributed by atoms with Crippen molar-refractivity contribution in [1.82, 2.24) is 15.5 Å². The number of carboxylic acid groups (broad SMARTS) is 2. The SMILES string of the molecule is O=C(C[n+]1ccc(SCC2=C(C(=O)O)N3C(=O)[C@@H](NC(=O)CSc4cc(Cl)ccc4Cl)[C@H]3SC2)cc1)NC(Cc1ccccc1)C(=O)O. The first-order valence-electron chi connectivity index (χ1n) is 14.5. The standard InChI is InChI=1S/C32H28Cl2N4O7S3/c33-20-6-7-22(34)24(13-20)47-17-26(40)36-27-29(41)38-28(32(44)45)19(16-48-30(27)38)15-46-21-8-10-37(11-9-21)14-25(39)35-23(31(42)43)12-18-4-2-1-3-5-18/h1-11,13,23,27,30H,12,14-17H2,(H3-,35,36,39,40,42,43,44,45)/p+1/t23?,27-,30-/m1/s1. The van der Waals surface area contributed by atoms with Crippen LogP contribution >= 0.6 is 58.5 Å². The molecule has 0 spiro atoms. The zero-order valence-electron chi connectivity index (χ0n) is 25.0. The number of pyridine rings is 1. The van der Waals surface area contributed by atoms with E-state index in [1.54, 1.807) is 71.6 Å². The van der Waals surface area contributed by atoms with Crippen molar-refractivity contribution in [3.05, 3.63) is 99.9 Å². The third-order valence-corrected chi connectivity index (χ3v) is 11.5. The number of rotatable bonds is 14. The highest BCUT2D eigenvalue weighted by Gasteiger charge is 2.54. The number of amides is 3. The van der Waals surface area contributed by atoms with E-state index in [1.807, 2.05) is 6.07 Å². The summed E-state index contributed by atoms with van der Waals surface area (Å²) < 4.78 is 1.61. The highest BCUT2D eigenvalue weighted by Crippen LogP contribution is 2.41. The Hall–Kier alpha value is -3.69. The van der Waals surface area contributed by atoms with Gasteiger partial charge in [-0.2, -0.15) is 4.57 Å². The van der Waals surface area contributed by atoms with Gasteiger partial charge in [-0.25, -0.2) is 9.59 Å². The first-order valence-corrected chi connectivity index (χ1v) is 18.2. The van der Waals surface area contributed by atoms with E-state index in [1.165, 1.54) is 40.2 Å². The second kappa shape index (κ2) is 16.1. The normalized spacial score (nSPS) is 17.6. The molecular weight excluding hydrogens is 719 g/mol. The van der Waals surface area contributed by atoms with Gasteiger partial charge in [-0.1, -0.05) is 53.5 Å². The van der Waals surface area contributed by atoms with Gasteiger partial charge in [0.05, 0.1) is 10.8 Å². The number of benzene rings is 2. The average molecular weight is 749 g/mol. The van der Waals surface area contributed by atoms with Crippen molar-refractivity contribution in [2.45, 2.75) is 40.2 Å². The van der Waals surface area contributed by atoms with Crippen LogP contribution in [0.15, 0.2) is 94.1 Å². The molecule has 2 aliphatic rings. The maximum absolute atomic E-state index is 13.0. The molecule has 48 heavy (non-hydrogen) atoms. The Labute approximate surface area is 298 Å². The van der Waals surface area contributed by atoms with Gasteiger partial charge in [0, 0.05) is 44.9 Å². The summed E-state index contributed by atoms with van der Waals surface area (Å²) >= 11 is 16.1. The summed E-state index contributed by atoms with van der Waals surface area (Å²) in [6.45, 7) is -0.0856. The van der Waals surface area contributed by atoms with Gasteiger partial charge in [0.15, 0.2) is 12.4 Å². The highest BCUT2D eigenvalue weighted by atomic mass is 35.5. The maximum atomic E-state index is 13.0. The zero-order chi connectivity index (χ0) is 34.4. The summed E-state index contributed by atoms with van der Waals surface area (Å²) in [5.74, 6) is -2.99. The second-order valence-electron chi connectivity index (χ2n) is 10.7. The number of aromatic nitrogens is 1. The number of carbonyl (C=O) groups excluding carboxylic acids is 3. The number of aliphatic carboxylic acids is 2. The number of carboxylic acids is 2. The van der Waals surface area contributed by atoms with E-state index in [2.05, 4.69) is 10.6 Å². The third-order valence-electron chi connectivity index (χ3n) is 7.33. The predicted molar refractivity (Wildman–Crippen MR) is 184 cm³/mol. The molecule has 1 saturated heterocycles. The Morgan fingerprint density at radius 1 is 1.00 bits per heavy atom. The molecule has 5 rings (SSSR count). The van der Waals surface area contributed by atoms with E-state index in [0.717, 1.165) is 10.5 Å². The van der Waals surface area contributed by atoms with Crippen molar-refractivity contribution in [1.29, 1.82) is 0 Å². The minimum atomic E-state index is -1.22. The van der Waals surface area contributed by atoms with Crippen molar-refractivity contribution in [2.75, 3.05) is 17.3 Å². The zero-order valence-corrected chi connectivity index (χ0v) is 29.0. The van der Waals surface area contributed by atoms with Crippen molar-refractivity contribution >= 4 is 88.1 Å². The Balaban J connectivity index is 1.13. The molecule has 1 fully saturated rings. The van der Waals surface area contributed by atoms with E-state index in [0.29, 0.717) is 32.0 Å². The van der Waals surface area contributed by atoms with Crippen LogP contribution in [0.25, 0.3) is 0 Å². The molecule has 0 aliphatic carbocycles. The predicted octanol–water partition coefficient (Wildman–Crippen LogP) is 3.72. The van der Waals surface area contributed by atoms with Gasteiger partial charge in [-0.15, -0.1) is 35.3 Å². The Morgan fingerprint density at radius 3 is 2.42 bits per heavy atom. The molecule has 0 bridgehead atoms. The smallest absolute Gasteiger partial charge is 0.352 e. The average Bonchev–Trinajstić information content (AvgIpc) is 3.06. The van der Waals surface area contributed by atoms with Crippen LogP contribution in [0.2, 0.25) is 10.0 Å². The topological polar surface area (TPSA) is 157 Å². The van der Waals surface area contributed by atoms with E-state index >= 15 is 0 Å². The molecule has 0 radical (unpaired) electrons. The van der Waals surface area contributed by atoms with Crippen LogP contribution in [0.1, 0.15) is 5.56 Å². The van der Waals surface area contributed by atoms with E-state index < -0.39 is 41.2 Å². The minimum absolute atomic E-state index is 0.00358. The lowest BCUT2D eigenvalue weighted by molar-refractivity contribution is -0.684. The number of nitrogens with zero attached hydrogens (tertiary/aromatic N) is 2.